The molecule has 1 saturated carbocycles. The third-order valence-electron chi connectivity index (χ3n) is 4.40. The molecule has 0 spiro atoms. The highest BCUT2D eigenvalue weighted by Crippen LogP contribution is 2.53. The van der Waals surface area contributed by atoms with Gasteiger partial charge < -0.3 is 10.0 Å². The van der Waals surface area contributed by atoms with Gasteiger partial charge in [-0.05, 0) is 31.6 Å². The number of hydrogen-bond acceptors (Lipinski definition) is 2. The SMILES string of the molecule is C[C@@H]1[C@H](C(=O)O)CCCN1C(=O)[C@H]1CC1(C)C. The van der Waals surface area contributed by atoms with Gasteiger partial charge in [0.2, 0.25) is 5.91 Å². The quantitative estimate of drug-likeness (QED) is 0.798. The van der Waals surface area contributed by atoms with E-state index in [1.807, 2.05) is 6.92 Å². The standard InChI is InChI=1S/C13H21NO3/c1-8-9(12(16)17)5-4-6-14(8)11(15)10-7-13(10,2)3/h8-10H,4-7H2,1-3H3,(H,16,17)/t8-,9-,10-/m1/s1. The van der Waals surface area contributed by atoms with Crippen LogP contribution in [0, 0.1) is 17.3 Å². The molecule has 2 aliphatic rings. The van der Waals surface area contributed by atoms with E-state index in [0.29, 0.717) is 6.42 Å². The zero-order valence-corrected chi connectivity index (χ0v) is 10.8. The predicted octanol–water partition coefficient (Wildman–Crippen LogP) is 1.74. The first-order valence-electron chi connectivity index (χ1n) is 6.38. The van der Waals surface area contributed by atoms with Gasteiger partial charge >= 0.3 is 5.97 Å². The summed E-state index contributed by atoms with van der Waals surface area (Å²) >= 11 is 0. The van der Waals surface area contributed by atoms with E-state index in [-0.39, 0.29) is 23.3 Å². The normalized spacial score (nSPS) is 35.5. The molecule has 0 aromatic carbocycles. The molecule has 3 atom stereocenters. The van der Waals surface area contributed by atoms with E-state index in [2.05, 4.69) is 13.8 Å². The number of aliphatic carboxylic acids is 1. The number of rotatable bonds is 2. The Kier molecular flexibility index (Phi) is 2.92. The van der Waals surface area contributed by atoms with Crippen molar-refractivity contribution in [2.75, 3.05) is 6.54 Å². The summed E-state index contributed by atoms with van der Waals surface area (Å²) in [6.45, 7) is 6.78. The molecule has 4 heteroatoms. The van der Waals surface area contributed by atoms with Gasteiger partial charge in [0.05, 0.1) is 5.92 Å². The molecule has 1 heterocycles. The van der Waals surface area contributed by atoms with E-state index in [1.54, 1.807) is 4.90 Å². The molecular formula is C13H21NO3. The Hall–Kier alpha value is -1.06. The fourth-order valence-electron chi connectivity index (χ4n) is 2.87. The Bertz CT molecular complexity index is 351. The van der Waals surface area contributed by atoms with Crippen LogP contribution in [0.25, 0.3) is 0 Å². The molecule has 0 aromatic heterocycles. The molecule has 4 nitrogen and oxygen atoms in total. The lowest BCUT2D eigenvalue weighted by atomic mass is 9.89. The van der Waals surface area contributed by atoms with Crippen molar-refractivity contribution in [3.05, 3.63) is 0 Å². The van der Waals surface area contributed by atoms with Crippen LogP contribution >= 0.6 is 0 Å². The second-order valence-corrected chi connectivity index (χ2v) is 6.10. The number of piperidine rings is 1. The molecule has 1 saturated heterocycles. The first-order chi connectivity index (χ1) is 7.84. The highest BCUT2D eigenvalue weighted by molar-refractivity contribution is 5.83. The lowest BCUT2D eigenvalue weighted by Crippen LogP contribution is -2.50. The van der Waals surface area contributed by atoms with Crippen LogP contribution in [0.15, 0.2) is 0 Å². The van der Waals surface area contributed by atoms with Crippen molar-refractivity contribution >= 4 is 11.9 Å². The summed E-state index contributed by atoms with van der Waals surface area (Å²) in [7, 11) is 0. The van der Waals surface area contributed by atoms with E-state index >= 15 is 0 Å². The Labute approximate surface area is 102 Å². The lowest BCUT2D eigenvalue weighted by Gasteiger charge is -2.38. The number of carboxylic acids is 1. The van der Waals surface area contributed by atoms with Crippen LogP contribution in [-0.4, -0.2) is 34.5 Å². The minimum absolute atomic E-state index is 0.109. The molecule has 0 aromatic rings. The number of hydrogen-bond donors (Lipinski definition) is 1. The van der Waals surface area contributed by atoms with E-state index in [4.69, 9.17) is 5.11 Å². The topological polar surface area (TPSA) is 57.6 Å². The average Bonchev–Trinajstić information content (AvgIpc) is 2.87. The van der Waals surface area contributed by atoms with Crippen molar-refractivity contribution in [3.63, 3.8) is 0 Å². The summed E-state index contributed by atoms with van der Waals surface area (Å²) in [4.78, 5) is 25.2. The number of amides is 1. The molecule has 17 heavy (non-hydrogen) atoms. The minimum atomic E-state index is -0.773. The molecule has 1 aliphatic carbocycles. The third kappa shape index (κ3) is 2.17. The molecule has 2 fully saturated rings. The molecule has 0 bridgehead atoms. The zero-order chi connectivity index (χ0) is 12.8. The molecule has 2 rings (SSSR count). The molecule has 96 valence electrons. The van der Waals surface area contributed by atoms with Crippen LogP contribution in [0.4, 0.5) is 0 Å². The van der Waals surface area contributed by atoms with E-state index in [9.17, 15) is 9.59 Å². The fraction of sp³-hybridized carbons (Fsp3) is 0.846. The van der Waals surface area contributed by atoms with Crippen LogP contribution in [0.1, 0.15) is 40.0 Å². The van der Waals surface area contributed by atoms with Gasteiger partial charge in [0, 0.05) is 18.5 Å². The monoisotopic (exact) mass is 239 g/mol. The fourth-order valence-corrected chi connectivity index (χ4v) is 2.87. The van der Waals surface area contributed by atoms with Crippen molar-refractivity contribution in [2.45, 2.75) is 46.1 Å². The number of carboxylic acid groups (broad SMARTS) is 1. The molecule has 0 radical (unpaired) electrons. The third-order valence-corrected chi connectivity index (χ3v) is 4.40. The molecule has 1 aliphatic heterocycles. The number of carbonyl (C=O) groups is 2. The molecule has 1 N–H and O–H groups in total. The second-order valence-electron chi connectivity index (χ2n) is 6.10. The van der Waals surface area contributed by atoms with Gasteiger partial charge in [-0.1, -0.05) is 13.8 Å². The smallest absolute Gasteiger partial charge is 0.308 e. The highest BCUT2D eigenvalue weighted by Gasteiger charge is 2.53. The first-order valence-corrected chi connectivity index (χ1v) is 6.38. The van der Waals surface area contributed by atoms with Crippen LogP contribution in [0.5, 0.6) is 0 Å². The van der Waals surface area contributed by atoms with Gasteiger partial charge in [-0.15, -0.1) is 0 Å². The number of carbonyl (C=O) groups excluding carboxylic acids is 1. The Morgan fingerprint density at radius 2 is 1.94 bits per heavy atom. The van der Waals surface area contributed by atoms with Crippen LogP contribution in [0.2, 0.25) is 0 Å². The second kappa shape index (κ2) is 4.00. The van der Waals surface area contributed by atoms with E-state index in [1.165, 1.54) is 0 Å². The van der Waals surface area contributed by atoms with Crippen LogP contribution < -0.4 is 0 Å². The predicted molar refractivity (Wildman–Crippen MR) is 63.4 cm³/mol. The maximum absolute atomic E-state index is 12.3. The molecule has 1 amide bonds. The minimum Gasteiger partial charge on any atom is -0.481 e. The summed E-state index contributed by atoms with van der Waals surface area (Å²) in [5, 5.41) is 9.13. The van der Waals surface area contributed by atoms with Crippen molar-refractivity contribution < 1.29 is 14.7 Å². The van der Waals surface area contributed by atoms with Gasteiger partial charge in [-0.3, -0.25) is 9.59 Å². The van der Waals surface area contributed by atoms with Crippen molar-refractivity contribution in [1.82, 2.24) is 4.90 Å². The van der Waals surface area contributed by atoms with Gasteiger partial charge in [-0.25, -0.2) is 0 Å². The maximum atomic E-state index is 12.3. The largest absolute Gasteiger partial charge is 0.481 e. The van der Waals surface area contributed by atoms with Crippen molar-refractivity contribution in [1.29, 1.82) is 0 Å². The van der Waals surface area contributed by atoms with Gasteiger partial charge in [-0.2, -0.15) is 0 Å². The Morgan fingerprint density at radius 3 is 2.41 bits per heavy atom. The summed E-state index contributed by atoms with van der Waals surface area (Å²) in [6.07, 6.45) is 2.43. The Balaban J connectivity index is 2.06. The van der Waals surface area contributed by atoms with Crippen LogP contribution in [0.3, 0.4) is 0 Å². The number of likely N-dealkylation sites (tertiary alicyclic amines) is 1. The summed E-state index contributed by atoms with van der Waals surface area (Å²) in [5.74, 6) is -0.898. The highest BCUT2D eigenvalue weighted by atomic mass is 16.4. The maximum Gasteiger partial charge on any atom is 0.308 e. The number of nitrogens with zero attached hydrogens (tertiary/aromatic N) is 1. The molecular weight excluding hydrogens is 218 g/mol. The first kappa shape index (κ1) is 12.4. The van der Waals surface area contributed by atoms with E-state index in [0.717, 1.165) is 19.4 Å². The molecule has 0 unspecified atom stereocenters. The summed E-state index contributed by atoms with van der Waals surface area (Å²) in [6, 6.07) is -0.162. The van der Waals surface area contributed by atoms with Crippen molar-refractivity contribution in [3.8, 4) is 0 Å². The Morgan fingerprint density at radius 1 is 1.35 bits per heavy atom. The van der Waals surface area contributed by atoms with Crippen LogP contribution in [-0.2, 0) is 9.59 Å². The average molecular weight is 239 g/mol. The van der Waals surface area contributed by atoms with Crippen molar-refractivity contribution in [2.24, 2.45) is 17.3 Å². The lowest BCUT2D eigenvalue weighted by molar-refractivity contribution is -0.149. The zero-order valence-electron chi connectivity index (χ0n) is 10.8. The summed E-state index contributed by atoms with van der Waals surface area (Å²) < 4.78 is 0. The van der Waals surface area contributed by atoms with E-state index < -0.39 is 11.9 Å². The summed E-state index contributed by atoms with van der Waals surface area (Å²) in [5.41, 5.74) is 0.118. The van der Waals surface area contributed by atoms with Gasteiger partial charge in [0.25, 0.3) is 0 Å². The van der Waals surface area contributed by atoms with Gasteiger partial charge in [0.1, 0.15) is 0 Å². The van der Waals surface area contributed by atoms with Gasteiger partial charge in [0.15, 0.2) is 0 Å².